The maximum atomic E-state index is 11.8. The zero-order valence-electron chi connectivity index (χ0n) is 14.5. The third kappa shape index (κ3) is 5.12. The molecule has 1 saturated heterocycles. The van der Waals surface area contributed by atoms with Gasteiger partial charge in [-0.2, -0.15) is 0 Å². The van der Waals surface area contributed by atoms with Crippen LogP contribution in [0.4, 0.5) is 0 Å². The molecule has 0 spiro atoms. The Hall–Kier alpha value is -1.25. The molecule has 0 bridgehead atoms. The number of nitrogens with one attached hydrogen (secondary N) is 1. The molecule has 24 heavy (non-hydrogen) atoms. The Morgan fingerprint density at radius 3 is 2.62 bits per heavy atom. The number of thioether (sulfide) groups is 1. The van der Waals surface area contributed by atoms with Crippen LogP contribution in [0.1, 0.15) is 12.0 Å². The van der Waals surface area contributed by atoms with E-state index in [9.17, 15) is 8.42 Å². The molecule has 0 atom stereocenters. The third-order valence-electron chi connectivity index (χ3n) is 4.00. The molecule has 2 rings (SSSR count). The minimum Gasteiger partial charge on any atom is -0.355 e. The fourth-order valence-electron chi connectivity index (χ4n) is 2.70. The molecule has 6 nitrogen and oxygen atoms in total. The number of aliphatic imine (C=N–C) groups is 1. The maximum absolute atomic E-state index is 11.8. The molecule has 1 aliphatic heterocycles. The number of sulfonamides is 1. The summed E-state index contributed by atoms with van der Waals surface area (Å²) in [5, 5.41) is 3.24. The van der Waals surface area contributed by atoms with E-state index in [1.165, 1.54) is 10.5 Å². The molecule has 0 saturated carbocycles. The number of hydrogen-bond acceptors (Lipinski definition) is 4. The second-order valence-corrected chi connectivity index (χ2v) is 8.71. The molecule has 8 heteroatoms. The second kappa shape index (κ2) is 8.73. The second-order valence-electron chi connectivity index (χ2n) is 5.75. The summed E-state index contributed by atoms with van der Waals surface area (Å²) < 4.78 is 25.1. The highest BCUT2D eigenvalue weighted by Gasteiger charge is 2.27. The first kappa shape index (κ1) is 19.1. The van der Waals surface area contributed by atoms with Gasteiger partial charge in [0.05, 0.1) is 5.75 Å². The highest BCUT2D eigenvalue weighted by Crippen LogP contribution is 2.15. The number of benzene rings is 1. The van der Waals surface area contributed by atoms with Gasteiger partial charge in [0.25, 0.3) is 0 Å². The van der Waals surface area contributed by atoms with Gasteiger partial charge in [-0.05, 0) is 30.4 Å². The topological polar surface area (TPSA) is 65.0 Å². The van der Waals surface area contributed by atoms with Crippen molar-refractivity contribution in [1.82, 2.24) is 14.5 Å². The molecule has 0 amide bonds. The molecule has 0 radical (unpaired) electrons. The average Bonchev–Trinajstić information content (AvgIpc) is 2.90. The van der Waals surface area contributed by atoms with Crippen molar-refractivity contribution in [2.45, 2.75) is 17.9 Å². The van der Waals surface area contributed by atoms with Crippen molar-refractivity contribution < 1.29 is 8.42 Å². The molecule has 0 aromatic heterocycles. The zero-order valence-corrected chi connectivity index (χ0v) is 16.2. The fraction of sp³-hybridized carbons (Fsp3) is 0.562. The summed E-state index contributed by atoms with van der Waals surface area (Å²) >= 11 is 1.73. The third-order valence-corrected chi connectivity index (χ3v) is 6.70. The average molecular weight is 371 g/mol. The standard InChI is InChI=1S/C16H26N4O2S2/c1-17-16(18-9-11-20-10-4-12-24(20,21)22)19(2)13-14-5-7-15(23-3)8-6-14/h5-8H,4,9-13H2,1-3H3,(H,17,18). The lowest BCUT2D eigenvalue weighted by atomic mass is 10.2. The molecule has 1 fully saturated rings. The van der Waals surface area contributed by atoms with Gasteiger partial charge in [0.2, 0.25) is 10.0 Å². The SMILES string of the molecule is CN=C(NCCN1CCCS1(=O)=O)N(C)Cc1ccc(SC)cc1. The van der Waals surface area contributed by atoms with Crippen LogP contribution in [0.25, 0.3) is 0 Å². The molecule has 0 unspecified atom stereocenters. The van der Waals surface area contributed by atoms with Crippen LogP contribution >= 0.6 is 11.8 Å². The van der Waals surface area contributed by atoms with E-state index in [2.05, 4.69) is 40.8 Å². The lowest BCUT2D eigenvalue weighted by Gasteiger charge is -2.23. The van der Waals surface area contributed by atoms with E-state index in [0.717, 1.165) is 18.9 Å². The van der Waals surface area contributed by atoms with Crippen LogP contribution in [0.5, 0.6) is 0 Å². The van der Waals surface area contributed by atoms with Crippen LogP contribution in [-0.2, 0) is 16.6 Å². The van der Waals surface area contributed by atoms with E-state index in [1.54, 1.807) is 23.1 Å². The lowest BCUT2D eigenvalue weighted by molar-refractivity contribution is 0.432. The van der Waals surface area contributed by atoms with E-state index in [0.29, 0.717) is 19.6 Å². The number of nitrogens with zero attached hydrogens (tertiary/aromatic N) is 3. The van der Waals surface area contributed by atoms with Gasteiger partial charge < -0.3 is 10.2 Å². The van der Waals surface area contributed by atoms with Crippen molar-refractivity contribution in [3.8, 4) is 0 Å². The maximum Gasteiger partial charge on any atom is 0.214 e. The van der Waals surface area contributed by atoms with Crippen LogP contribution in [0.3, 0.4) is 0 Å². The summed E-state index contributed by atoms with van der Waals surface area (Å²) in [6.07, 6.45) is 2.79. The van der Waals surface area contributed by atoms with E-state index in [4.69, 9.17) is 0 Å². The smallest absolute Gasteiger partial charge is 0.214 e. The monoisotopic (exact) mass is 370 g/mol. The molecule has 1 aromatic rings. The molecule has 1 aromatic carbocycles. The van der Waals surface area contributed by atoms with Gasteiger partial charge in [0.15, 0.2) is 5.96 Å². The Morgan fingerprint density at radius 1 is 1.38 bits per heavy atom. The first-order valence-electron chi connectivity index (χ1n) is 7.99. The van der Waals surface area contributed by atoms with Gasteiger partial charge in [-0.1, -0.05) is 12.1 Å². The quantitative estimate of drug-likeness (QED) is 0.466. The van der Waals surface area contributed by atoms with Crippen LogP contribution in [0.15, 0.2) is 34.2 Å². The molecule has 134 valence electrons. The van der Waals surface area contributed by atoms with Crippen molar-refractivity contribution >= 4 is 27.7 Å². The normalized spacial score (nSPS) is 17.9. The Balaban J connectivity index is 1.84. The Bertz CT molecular complexity index is 659. The van der Waals surface area contributed by atoms with E-state index < -0.39 is 10.0 Å². The van der Waals surface area contributed by atoms with Gasteiger partial charge in [-0.25, -0.2) is 12.7 Å². The Kier molecular flexibility index (Phi) is 6.94. The van der Waals surface area contributed by atoms with Crippen LogP contribution < -0.4 is 5.32 Å². The molecule has 0 aliphatic carbocycles. The highest BCUT2D eigenvalue weighted by molar-refractivity contribution is 7.98. The van der Waals surface area contributed by atoms with Crippen molar-refractivity contribution in [1.29, 1.82) is 0 Å². The molecule has 1 N–H and O–H groups in total. The van der Waals surface area contributed by atoms with Crippen LogP contribution in [-0.4, -0.2) is 69.3 Å². The molecular weight excluding hydrogens is 344 g/mol. The van der Waals surface area contributed by atoms with Gasteiger partial charge >= 0.3 is 0 Å². The number of hydrogen-bond donors (Lipinski definition) is 1. The number of rotatable bonds is 6. The van der Waals surface area contributed by atoms with Gasteiger partial charge in [0.1, 0.15) is 0 Å². The summed E-state index contributed by atoms with van der Waals surface area (Å²) in [5.74, 6) is 1.04. The fourth-order valence-corrected chi connectivity index (χ4v) is 4.64. The predicted octanol–water partition coefficient (Wildman–Crippen LogP) is 1.45. The highest BCUT2D eigenvalue weighted by atomic mass is 32.2. The predicted molar refractivity (Wildman–Crippen MR) is 101 cm³/mol. The summed E-state index contributed by atoms with van der Waals surface area (Å²) in [6.45, 7) is 2.41. The first-order valence-corrected chi connectivity index (χ1v) is 10.8. The zero-order chi connectivity index (χ0) is 17.6. The van der Waals surface area contributed by atoms with Crippen LogP contribution in [0.2, 0.25) is 0 Å². The summed E-state index contributed by atoms with van der Waals surface area (Å²) in [4.78, 5) is 7.56. The molecule has 1 heterocycles. The van der Waals surface area contributed by atoms with E-state index >= 15 is 0 Å². The van der Waals surface area contributed by atoms with Crippen LogP contribution in [0, 0.1) is 0 Å². The minimum atomic E-state index is -3.03. The summed E-state index contributed by atoms with van der Waals surface area (Å²) in [5.41, 5.74) is 1.21. The first-order chi connectivity index (χ1) is 11.5. The Labute approximate surface area is 149 Å². The van der Waals surface area contributed by atoms with Crippen molar-refractivity contribution in [2.75, 3.05) is 45.7 Å². The lowest BCUT2D eigenvalue weighted by Crippen LogP contribution is -2.42. The van der Waals surface area contributed by atoms with E-state index in [-0.39, 0.29) is 5.75 Å². The molecular formula is C16H26N4O2S2. The minimum absolute atomic E-state index is 0.271. The summed E-state index contributed by atoms with van der Waals surface area (Å²) in [6, 6.07) is 8.46. The molecule has 1 aliphatic rings. The largest absolute Gasteiger partial charge is 0.355 e. The van der Waals surface area contributed by atoms with Gasteiger partial charge in [-0.3, -0.25) is 4.99 Å². The van der Waals surface area contributed by atoms with Crippen molar-refractivity contribution in [2.24, 2.45) is 4.99 Å². The van der Waals surface area contributed by atoms with Gasteiger partial charge in [-0.15, -0.1) is 11.8 Å². The number of guanidine groups is 1. The van der Waals surface area contributed by atoms with E-state index in [1.807, 2.05) is 11.9 Å². The van der Waals surface area contributed by atoms with Gasteiger partial charge in [0, 0.05) is 45.2 Å². The van der Waals surface area contributed by atoms with Crippen molar-refractivity contribution in [3.63, 3.8) is 0 Å². The van der Waals surface area contributed by atoms with Crippen molar-refractivity contribution in [3.05, 3.63) is 29.8 Å². The Morgan fingerprint density at radius 2 is 2.08 bits per heavy atom. The summed E-state index contributed by atoms with van der Waals surface area (Å²) in [7, 11) is 0.686.